The van der Waals surface area contributed by atoms with Gasteiger partial charge in [0.2, 0.25) is 0 Å². The van der Waals surface area contributed by atoms with Crippen LogP contribution in [0.2, 0.25) is 0 Å². The first kappa shape index (κ1) is 9.74. The maximum absolute atomic E-state index is 9.97. The lowest BCUT2D eigenvalue weighted by Crippen LogP contribution is -2.19. The van der Waals surface area contributed by atoms with Crippen molar-refractivity contribution in [2.75, 3.05) is 13.6 Å². The molecule has 1 atom stereocenters. The molecule has 0 saturated heterocycles. The monoisotopic (exact) mass is 194 g/mol. The average molecular weight is 194 g/mol. The van der Waals surface area contributed by atoms with Gasteiger partial charge < -0.3 is 15.0 Å². The first-order chi connectivity index (χ1) is 6.74. The van der Waals surface area contributed by atoms with E-state index in [0.717, 1.165) is 18.7 Å². The molecular weight excluding hydrogens is 176 g/mol. The first-order valence-electron chi connectivity index (χ1n) is 5.25. The van der Waals surface area contributed by atoms with Crippen LogP contribution in [0, 0.1) is 6.92 Å². The quantitative estimate of drug-likeness (QED) is 0.753. The van der Waals surface area contributed by atoms with Gasteiger partial charge in [0.1, 0.15) is 6.10 Å². The van der Waals surface area contributed by atoms with Crippen molar-refractivity contribution in [2.45, 2.75) is 32.4 Å². The fourth-order valence-electron chi connectivity index (χ4n) is 2.39. The molecule has 0 aliphatic carbocycles. The molecule has 0 fully saturated rings. The summed E-state index contributed by atoms with van der Waals surface area (Å²) in [5.74, 6) is 0. The van der Waals surface area contributed by atoms with Crippen LogP contribution < -0.4 is 5.32 Å². The maximum Gasteiger partial charge on any atom is 0.107 e. The Labute approximate surface area is 84.7 Å². The van der Waals surface area contributed by atoms with Gasteiger partial charge in [-0.25, -0.2) is 0 Å². The van der Waals surface area contributed by atoms with E-state index in [4.69, 9.17) is 0 Å². The normalized spacial score (nSPS) is 17.1. The number of likely N-dealkylation sites (N-methyl/N-ethyl adjacent to an activating group) is 1. The number of aromatic nitrogens is 1. The first-order valence-corrected chi connectivity index (χ1v) is 5.25. The fourth-order valence-corrected chi connectivity index (χ4v) is 2.39. The van der Waals surface area contributed by atoms with Gasteiger partial charge in [-0.1, -0.05) is 0 Å². The highest BCUT2D eigenvalue weighted by Gasteiger charge is 2.21. The molecule has 3 nitrogen and oxygen atoms in total. The highest BCUT2D eigenvalue weighted by Crippen LogP contribution is 2.27. The summed E-state index contributed by atoms with van der Waals surface area (Å²) < 4.78 is 2.28. The van der Waals surface area contributed by atoms with Crippen LogP contribution in [0.25, 0.3) is 0 Å². The molecule has 0 aromatic carbocycles. The predicted octanol–water partition coefficient (Wildman–Crippen LogP) is 0.996. The van der Waals surface area contributed by atoms with Crippen LogP contribution in [0.5, 0.6) is 0 Å². The molecule has 1 aliphatic rings. The minimum atomic E-state index is -0.369. The third-order valence-electron chi connectivity index (χ3n) is 2.95. The molecular formula is C11H18N2O. The van der Waals surface area contributed by atoms with Crippen molar-refractivity contribution < 1.29 is 5.11 Å². The second-order valence-corrected chi connectivity index (χ2v) is 4.03. The van der Waals surface area contributed by atoms with Gasteiger partial charge in [0.05, 0.1) is 5.69 Å². The van der Waals surface area contributed by atoms with Crippen molar-refractivity contribution in [3.05, 3.63) is 23.0 Å². The number of nitrogens with zero attached hydrogens (tertiary/aromatic N) is 1. The Hall–Kier alpha value is -0.800. The summed E-state index contributed by atoms with van der Waals surface area (Å²) in [6.07, 6.45) is 2.01. The molecule has 0 bridgehead atoms. The van der Waals surface area contributed by atoms with Crippen LogP contribution >= 0.6 is 0 Å². The van der Waals surface area contributed by atoms with Gasteiger partial charge in [-0.05, 0) is 38.4 Å². The van der Waals surface area contributed by atoms with Crippen LogP contribution in [-0.2, 0) is 13.0 Å². The zero-order valence-corrected chi connectivity index (χ0v) is 8.88. The van der Waals surface area contributed by atoms with E-state index in [2.05, 4.69) is 22.9 Å². The summed E-state index contributed by atoms with van der Waals surface area (Å²) >= 11 is 0. The highest BCUT2D eigenvalue weighted by molar-refractivity contribution is 5.30. The lowest BCUT2D eigenvalue weighted by Gasteiger charge is -2.14. The number of fused-ring (bicyclic) bond motifs is 1. The second-order valence-electron chi connectivity index (χ2n) is 4.03. The van der Waals surface area contributed by atoms with Crippen molar-refractivity contribution in [1.29, 1.82) is 0 Å². The number of aliphatic hydroxyl groups is 1. The number of nitrogens with one attached hydrogen (secondary N) is 1. The number of aryl methyl sites for hydroxylation is 2. The molecule has 14 heavy (non-hydrogen) atoms. The van der Waals surface area contributed by atoms with Crippen molar-refractivity contribution >= 4 is 0 Å². The molecule has 78 valence electrons. The molecule has 1 aromatic rings. The SMILES string of the molecule is CNCC(O)c1c(C)cc2n1CCC2. The van der Waals surface area contributed by atoms with Gasteiger partial charge >= 0.3 is 0 Å². The molecule has 1 aliphatic heterocycles. The van der Waals surface area contributed by atoms with Crippen molar-refractivity contribution in [3.8, 4) is 0 Å². The maximum atomic E-state index is 9.97. The standard InChI is InChI=1S/C11H18N2O/c1-8-6-9-4-3-5-13(9)11(8)10(14)7-12-2/h6,10,12,14H,3-5,7H2,1-2H3. The molecule has 2 N–H and O–H groups in total. The minimum absolute atomic E-state index is 0.369. The van der Waals surface area contributed by atoms with Crippen LogP contribution in [0.15, 0.2) is 6.07 Å². The Morgan fingerprint density at radius 1 is 1.64 bits per heavy atom. The summed E-state index contributed by atoms with van der Waals surface area (Å²) in [4.78, 5) is 0. The van der Waals surface area contributed by atoms with E-state index in [1.54, 1.807) is 0 Å². The van der Waals surface area contributed by atoms with Crippen molar-refractivity contribution in [1.82, 2.24) is 9.88 Å². The zero-order chi connectivity index (χ0) is 10.1. The summed E-state index contributed by atoms with van der Waals surface area (Å²) in [7, 11) is 1.87. The van der Waals surface area contributed by atoms with Crippen LogP contribution in [-0.4, -0.2) is 23.3 Å². The number of hydrogen-bond acceptors (Lipinski definition) is 2. The predicted molar refractivity (Wildman–Crippen MR) is 56.4 cm³/mol. The molecule has 0 saturated carbocycles. The zero-order valence-electron chi connectivity index (χ0n) is 8.88. The Morgan fingerprint density at radius 2 is 2.43 bits per heavy atom. The van der Waals surface area contributed by atoms with Gasteiger partial charge in [0.25, 0.3) is 0 Å². The van der Waals surface area contributed by atoms with Crippen molar-refractivity contribution in [2.24, 2.45) is 0 Å². The summed E-state index contributed by atoms with van der Waals surface area (Å²) in [5, 5.41) is 13.0. The smallest absolute Gasteiger partial charge is 0.107 e. The molecule has 0 spiro atoms. The van der Waals surface area contributed by atoms with Gasteiger partial charge in [-0.3, -0.25) is 0 Å². The lowest BCUT2D eigenvalue weighted by molar-refractivity contribution is 0.168. The van der Waals surface area contributed by atoms with Gasteiger partial charge in [-0.2, -0.15) is 0 Å². The van der Waals surface area contributed by atoms with E-state index in [9.17, 15) is 5.11 Å². The van der Waals surface area contributed by atoms with Crippen LogP contribution in [0.1, 0.15) is 29.5 Å². The molecule has 0 amide bonds. The summed E-state index contributed by atoms with van der Waals surface area (Å²) in [6, 6.07) is 2.21. The van der Waals surface area contributed by atoms with E-state index in [0.29, 0.717) is 6.54 Å². The molecule has 1 aromatic heterocycles. The topological polar surface area (TPSA) is 37.2 Å². The largest absolute Gasteiger partial charge is 0.386 e. The number of rotatable bonds is 3. The van der Waals surface area contributed by atoms with E-state index < -0.39 is 0 Å². The van der Waals surface area contributed by atoms with Gasteiger partial charge in [-0.15, -0.1) is 0 Å². The summed E-state index contributed by atoms with van der Waals surface area (Å²) in [6.45, 7) is 3.78. The third-order valence-corrected chi connectivity index (χ3v) is 2.95. The molecule has 2 rings (SSSR count). The van der Waals surface area contributed by atoms with E-state index >= 15 is 0 Å². The van der Waals surface area contributed by atoms with Gasteiger partial charge in [0, 0.05) is 18.8 Å². The molecule has 2 heterocycles. The van der Waals surface area contributed by atoms with Crippen LogP contribution in [0.4, 0.5) is 0 Å². The Morgan fingerprint density at radius 3 is 3.14 bits per heavy atom. The van der Waals surface area contributed by atoms with Gasteiger partial charge in [0.15, 0.2) is 0 Å². The molecule has 0 radical (unpaired) electrons. The Balaban J connectivity index is 2.32. The molecule has 3 heteroatoms. The number of hydrogen-bond donors (Lipinski definition) is 2. The van der Waals surface area contributed by atoms with E-state index in [1.165, 1.54) is 17.7 Å². The average Bonchev–Trinajstić information content (AvgIpc) is 2.63. The van der Waals surface area contributed by atoms with E-state index in [1.807, 2.05) is 7.05 Å². The minimum Gasteiger partial charge on any atom is -0.386 e. The second kappa shape index (κ2) is 3.75. The Kier molecular flexibility index (Phi) is 2.61. The Bertz CT molecular complexity index is 330. The summed E-state index contributed by atoms with van der Waals surface area (Å²) in [5.41, 5.74) is 3.71. The van der Waals surface area contributed by atoms with E-state index in [-0.39, 0.29) is 6.10 Å². The number of aliphatic hydroxyl groups excluding tert-OH is 1. The lowest BCUT2D eigenvalue weighted by atomic mass is 10.1. The molecule has 1 unspecified atom stereocenters. The highest BCUT2D eigenvalue weighted by atomic mass is 16.3. The van der Waals surface area contributed by atoms with Crippen LogP contribution in [0.3, 0.4) is 0 Å². The third kappa shape index (κ3) is 1.47. The van der Waals surface area contributed by atoms with Crippen molar-refractivity contribution in [3.63, 3.8) is 0 Å². The fraction of sp³-hybridized carbons (Fsp3) is 0.636.